The van der Waals surface area contributed by atoms with E-state index in [-0.39, 0.29) is 18.1 Å². The van der Waals surface area contributed by atoms with Gasteiger partial charge in [0.1, 0.15) is 0 Å². The van der Waals surface area contributed by atoms with Crippen LogP contribution in [0.3, 0.4) is 0 Å². The number of carbonyl (C=O) groups excluding carboxylic acids is 1. The second-order valence-corrected chi connectivity index (χ2v) is 8.34. The van der Waals surface area contributed by atoms with Gasteiger partial charge in [0.05, 0.1) is 28.1 Å². The molecule has 0 atom stereocenters. The van der Waals surface area contributed by atoms with Gasteiger partial charge < -0.3 is 5.32 Å². The van der Waals surface area contributed by atoms with Crippen LogP contribution in [0.2, 0.25) is 5.02 Å². The number of para-hydroxylation sites is 1. The van der Waals surface area contributed by atoms with Crippen molar-refractivity contribution in [3.63, 3.8) is 0 Å². The lowest BCUT2D eigenvalue weighted by atomic mass is 10.2. The minimum Gasteiger partial charge on any atom is -0.337 e. The van der Waals surface area contributed by atoms with Crippen molar-refractivity contribution in [3.05, 3.63) is 71.4 Å². The van der Waals surface area contributed by atoms with Crippen molar-refractivity contribution in [2.24, 2.45) is 0 Å². The topological polar surface area (TPSA) is 129 Å². The number of halogens is 1. The number of nitrogens with one attached hydrogen (secondary N) is 3. The number of nitrogens with zero attached hydrogens (tertiary/aromatic N) is 3. The third-order valence-corrected chi connectivity index (χ3v) is 5.45. The Hall–Kier alpha value is -3.55. The zero-order valence-corrected chi connectivity index (χ0v) is 17.1. The molecule has 0 bridgehead atoms. The van der Waals surface area contributed by atoms with Crippen molar-refractivity contribution in [1.82, 2.24) is 15.1 Å². The van der Waals surface area contributed by atoms with Crippen LogP contribution in [0.1, 0.15) is 5.56 Å². The van der Waals surface area contributed by atoms with Crippen LogP contribution in [0, 0.1) is 11.3 Å². The average Bonchev–Trinajstić information content (AvgIpc) is 3.16. The molecule has 0 saturated heterocycles. The van der Waals surface area contributed by atoms with Gasteiger partial charge in [-0.2, -0.15) is 5.26 Å². The van der Waals surface area contributed by atoms with Crippen LogP contribution in [0.5, 0.6) is 0 Å². The van der Waals surface area contributed by atoms with Gasteiger partial charge in [0.15, 0.2) is 5.82 Å². The van der Waals surface area contributed by atoms with Gasteiger partial charge in [-0.15, -0.1) is 5.10 Å². The number of hydrogen-bond donors (Lipinski definition) is 3. The Labute approximate surface area is 178 Å². The van der Waals surface area contributed by atoms with E-state index in [4.69, 9.17) is 16.9 Å². The van der Waals surface area contributed by atoms with Gasteiger partial charge >= 0.3 is 6.03 Å². The highest BCUT2D eigenvalue weighted by Crippen LogP contribution is 2.22. The summed E-state index contributed by atoms with van der Waals surface area (Å²) in [6.07, 6.45) is 1.59. The standard InChI is InChI=1S/C19H17ClN6O3S/c20-16-12-14(13-21)6-7-17(16)26-10-8-18(24-26)23-19(27)22-9-11-30(28,29)25-15-4-2-1-3-5-15/h1-8,10,12,25H,9,11H2,(H2,22,23,24,27). The molecular formula is C19H17ClN6O3S. The second-order valence-electron chi connectivity index (χ2n) is 6.09. The molecule has 3 rings (SSSR count). The normalized spacial score (nSPS) is 10.8. The molecule has 0 unspecified atom stereocenters. The van der Waals surface area contributed by atoms with Gasteiger partial charge in [0.2, 0.25) is 10.0 Å². The minimum absolute atomic E-state index is 0.0871. The van der Waals surface area contributed by atoms with Crippen molar-refractivity contribution in [2.45, 2.75) is 0 Å². The lowest BCUT2D eigenvalue weighted by Crippen LogP contribution is -2.34. The lowest BCUT2D eigenvalue weighted by molar-refractivity contribution is 0.252. The van der Waals surface area contributed by atoms with E-state index in [1.807, 2.05) is 6.07 Å². The molecular weight excluding hydrogens is 428 g/mol. The average molecular weight is 445 g/mol. The molecule has 0 spiro atoms. The van der Waals surface area contributed by atoms with Crippen molar-refractivity contribution in [3.8, 4) is 11.8 Å². The molecule has 154 valence electrons. The molecule has 0 aliphatic carbocycles. The fraction of sp³-hybridized carbons (Fsp3) is 0.105. The number of carbonyl (C=O) groups is 1. The molecule has 3 N–H and O–H groups in total. The van der Waals surface area contributed by atoms with E-state index < -0.39 is 16.1 Å². The van der Waals surface area contributed by atoms with E-state index >= 15 is 0 Å². The van der Waals surface area contributed by atoms with E-state index in [0.29, 0.717) is 22.0 Å². The maximum atomic E-state index is 12.0. The van der Waals surface area contributed by atoms with Crippen LogP contribution < -0.4 is 15.4 Å². The summed E-state index contributed by atoms with van der Waals surface area (Å²) < 4.78 is 28.0. The van der Waals surface area contributed by atoms with Gasteiger partial charge in [0, 0.05) is 24.5 Å². The summed E-state index contributed by atoms with van der Waals surface area (Å²) in [5.74, 6) is -0.0388. The molecule has 0 fully saturated rings. The molecule has 0 aliphatic rings. The first-order chi connectivity index (χ1) is 14.4. The molecule has 3 aromatic rings. The van der Waals surface area contributed by atoms with Crippen LogP contribution in [-0.2, 0) is 10.0 Å². The Morgan fingerprint density at radius 3 is 2.63 bits per heavy atom. The second kappa shape index (κ2) is 9.30. The number of aromatic nitrogens is 2. The Bertz CT molecular complexity index is 1190. The molecule has 0 radical (unpaired) electrons. The number of amides is 2. The Kier molecular flexibility index (Phi) is 6.56. The van der Waals surface area contributed by atoms with E-state index in [1.54, 1.807) is 54.7 Å². The monoisotopic (exact) mass is 444 g/mol. The maximum Gasteiger partial charge on any atom is 0.320 e. The number of sulfonamides is 1. The first-order valence-electron chi connectivity index (χ1n) is 8.72. The number of hydrogen-bond acceptors (Lipinski definition) is 5. The van der Waals surface area contributed by atoms with Crippen molar-refractivity contribution in [1.29, 1.82) is 5.26 Å². The van der Waals surface area contributed by atoms with Crippen LogP contribution in [0.25, 0.3) is 5.69 Å². The maximum absolute atomic E-state index is 12.0. The van der Waals surface area contributed by atoms with E-state index in [1.165, 1.54) is 10.7 Å². The van der Waals surface area contributed by atoms with Gasteiger partial charge in [0.25, 0.3) is 0 Å². The molecule has 2 aromatic carbocycles. The van der Waals surface area contributed by atoms with Crippen LogP contribution in [0.15, 0.2) is 60.8 Å². The number of benzene rings is 2. The quantitative estimate of drug-likeness (QED) is 0.516. The number of urea groups is 1. The summed E-state index contributed by atoms with van der Waals surface area (Å²) in [4.78, 5) is 12.0. The molecule has 9 nitrogen and oxygen atoms in total. The first kappa shape index (κ1) is 21.2. The van der Waals surface area contributed by atoms with Crippen LogP contribution >= 0.6 is 11.6 Å². The van der Waals surface area contributed by atoms with E-state index in [9.17, 15) is 13.2 Å². The zero-order chi connectivity index (χ0) is 21.6. The predicted molar refractivity (Wildman–Crippen MR) is 114 cm³/mol. The van der Waals surface area contributed by atoms with Crippen LogP contribution in [-0.4, -0.2) is 36.5 Å². The largest absolute Gasteiger partial charge is 0.337 e. The Morgan fingerprint density at radius 1 is 1.17 bits per heavy atom. The summed E-state index contributed by atoms with van der Waals surface area (Å²) >= 11 is 6.15. The lowest BCUT2D eigenvalue weighted by Gasteiger charge is -2.09. The highest BCUT2D eigenvalue weighted by Gasteiger charge is 2.12. The zero-order valence-electron chi connectivity index (χ0n) is 15.5. The third-order valence-electron chi connectivity index (χ3n) is 3.86. The third kappa shape index (κ3) is 5.73. The van der Waals surface area contributed by atoms with Crippen molar-refractivity contribution >= 4 is 39.2 Å². The highest BCUT2D eigenvalue weighted by atomic mass is 35.5. The predicted octanol–water partition coefficient (Wildman–Crippen LogP) is 2.96. The number of nitriles is 1. The van der Waals surface area contributed by atoms with Crippen molar-refractivity contribution in [2.75, 3.05) is 22.3 Å². The molecule has 1 heterocycles. The summed E-state index contributed by atoms with van der Waals surface area (Å²) in [6, 6.07) is 16.2. The molecule has 30 heavy (non-hydrogen) atoms. The van der Waals surface area contributed by atoms with E-state index in [2.05, 4.69) is 20.5 Å². The minimum atomic E-state index is -3.60. The summed E-state index contributed by atoms with van der Waals surface area (Å²) in [7, 11) is -3.60. The molecule has 11 heteroatoms. The van der Waals surface area contributed by atoms with Gasteiger partial charge in [-0.25, -0.2) is 17.9 Å². The molecule has 1 aromatic heterocycles. The number of anilines is 2. The van der Waals surface area contributed by atoms with Crippen LogP contribution in [0.4, 0.5) is 16.3 Å². The van der Waals surface area contributed by atoms with Gasteiger partial charge in [-0.1, -0.05) is 29.8 Å². The Morgan fingerprint density at radius 2 is 1.93 bits per heavy atom. The van der Waals surface area contributed by atoms with E-state index in [0.717, 1.165) is 0 Å². The summed E-state index contributed by atoms with van der Waals surface area (Å²) in [6.45, 7) is -0.0871. The molecule has 0 saturated carbocycles. The van der Waals surface area contributed by atoms with Gasteiger partial charge in [-0.3, -0.25) is 10.0 Å². The molecule has 0 aliphatic heterocycles. The summed E-state index contributed by atoms with van der Waals surface area (Å²) in [5, 5.41) is 18.4. The smallest absolute Gasteiger partial charge is 0.320 e. The molecule has 2 amide bonds. The van der Waals surface area contributed by atoms with Gasteiger partial charge in [-0.05, 0) is 30.3 Å². The fourth-order valence-corrected chi connectivity index (χ4v) is 3.72. The Balaban J connectivity index is 1.52. The fourth-order valence-electron chi connectivity index (χ4n) is 2.48. The SMILES string of the molecule is N#Cc1ccc(-n2ccc(NC(=O)NCCS(=O)(=O)Nc3ccccc3)n2)c(Cl)c1. The first-order valence-corrected chi connectivity index (χ1v) is 10.8. The summed E-state index contributed by atoms with van der Waals surface area (Å²) in [5.41, 5.74) is 1.42. The number of rotatable bonds is 7. The van der Waals surface area contributed by atoms with Crippen molar-refractivity contribution < 1.29 is 13.2 Å². The highest BCUT2D eigenvalue weighted by molar-refractivity contribution is 7.92.